The molecule has 2 aliphatic rings. The molecule has 0 N–H and O–H groups in total. The van der Waals surface area contributed by atoms with E-state index in [1.165, 1.54) is 24.0 Å². The molecule has 0 bridgehead atoms. The summed E-state index contributed by atoms with van der Waals surface area (Å²) < 4.78 is 0. The van der Waals surface area contributed by atoms with Crippen molar-refractivity contribution in [3.8, 4) is 0 Å². The van der Waals surface area contributed by atoms with Gasteiger partial charge in [0.25, 0.3) is 0 Å². The molecule has 1 saturated heterocycles. The summed E-state index contributed by atoms with van der Waals surface area (Å²) in [6.45, 7) is 0.956. The minimum absolute atomic E-state index is 0.318. The summed E-state index contributed by atoms with van der Waals surface area (Å²) in [4.78, 5) is 14.0. The lowest BCUT2D eigenvalue weighted by atomic mass is 9.87. The fourth-order valence-corrected chi connectivity index (χ4v) is 2.84. The maximum Gasteiger partial charge on any atom is 0.227 e. The topological polar surface area (TPSA) is 20.3 Å². The zero-order chi connectivity index (χ0) is 10.3. The van der Waals surface area contributed by atoms with Crippen LogP contribution in [-0.4, -0.2) is 17.4 Å². The molecule has 0 radical (unpaired) electrons. The molecule has 78 valence electrons. The summed E-state index contributed by atoms with van der Waals surface area (Å²) >= 11 is 0. The number of hydrogen-bond acceptors (Lipinski definition) is 1. The Morgan fingerprint density at radius 2 is 2.07 bits per heavy atom. The highest BCUT2D eigenvalue weighted by molar-refractivity contribution is 5.81. The standard InChI is InChI=1S/C13H15NO/c15-13-9-10-5-1-2-6-11(10)12-7-3-4-8-14(12)13/h1-2,5-6,12H,3-4,7-9H2. The molecule has 2 heteroatoms. The maximum atomic E-state index is 11.9. The van der Waals surface area contributed by atoms with Crippen molar-refractivity contribution in [2.75, 3.05) is 6.54 Å². The third-order valence-corrected chi connectivity index (χ3v) is 3.58. The van der Waals surface area contributed by atoms with Crippen LogP contribution in [0.1, 0.15) is 36.4 Å². The van der Waals surface area contributed by atoms with Gasteiger partial charge in [0.2, 0.25) is 5.91 Å². The van der Waals surface area contributed by atoms with Crippen LogP contribution in [0.4, 0.5) is 0 Å². The lowest BCUT2D eigenvalue weighted by molar-refractivity contribution is -0.135. The third-order valence-electron chi connectivity index (χ3n) is 3.58. The molecule has 0 aromatic heterocycles. The van der Waals surface area contributed by atoms with Crippen molar-refractivity contribution in [2.24, 2.45) is 0 Å². The molecular formula is C13H15NO. The molecule has 2 aliphatic heterocycles. The fourth-order valence-electron chi connectivity index (χ4n) is 2.84. The molecule has 15 heavy (non-hydrogen) atoms. The van der Waals surface area contributed by atoms with Gasteiger partial charge in [-0.3, -0.25) is 4.79 Å². The van der Waals surface area contributed by atoms with Crippen LogP contribution in [0.5, 0.6) is 0 Å². The van der Waals surface area contributed by atoms with E-state index in [0.717, 1.165) is 13.0 Å². The van der Waals surface area contributed by atoms with E-state index in [2.05, 4.69) is 23.1 Å². The number of carbonyl (C=O) groups is 1. The van der Waals surface area contributed by atoms with Gasteiger partial charge in [-0.05, 0) is 30.4 Å². The molecule has 1 unspecified atom stereocenters. The number of amides is 1. The number of hydrogen-bond donors (Lipinski definition) is 0. The number of rotatable bonds is 0. The van der Waals surface area contributed by atoms with Gasteiger partial charge in [0.15, 0.2) is 0 Å². The monoisotopic (exact) mass is 201 g/mol. The Morgan fingerprint density at radius 1 is 1.20 bits per heavy atom. The van der Waals surface area contributed by atoms with Gasteiger partial charge >= 0.3 is 0 Å². The second kappa shape index (κ2) is 3.37. The second-order valence-electron chi connectivity index (χ2n) is 4.47. The molecule has 2 heterocycles. The molecular weight excluding hydrogens is 186 g/mol. The van der Waals surface area contributed by atoms with Gasteiger partial charge in [-0.1, -0.05) is 24.3 Å². The zero-order valence-electron chi connectivity index (χ0n) is 8.78. The minimum atomic E-state index is 0.318. The van der Waals surface area contributed by atoms with E-state index in [-0.39, 0.29) is 0 Å². The van der Waals surface area contributed by atoms with Gasteiger partial charge in [0.05, 0.1) is 12.5 Å². The van der Waals surface area contributed by atoms with E-state index in [0.29, 0.717) is 18.4 Å². The Balaban J connectivity index is 2.06. The summed E-state index contributed by atoms with van der Waals surface area (Å²) in [6.07, 6.45) is 4.17. The average molecular weight is 201 g/mol. The van der Waals surface area contributed by atoms with Crippen molar-refractivity contribution in [3.05, 3.63) is 35.4 Å². The van der Waals surface area contributed by atoms with Crippen LogP contribution in [0.15, 0.2) is 24.3 Å². The van der Waals surface area contributed by atoms with Crippen molar-refractivity contribution in [2.45, 2.75) is 31.7 Å². The smallest absolute Gasteiger partial charge is 0.227 e. The first-order valence-electron chi connectivity index (χ1n) is 5.73. The molecule has 3 rings (SSSR count). The summed E-state index contributed by atoms with van der Waals surface area (Å²) in [5.74, 6) is 0.318. The van der Waals surface area contributed by atoms with Gasteiger partial charge in [-0.15, -0.1) is 0 Å². The summed E-state index contributed by atoms with van der Waals surface area (Å²) in [7, 11) is 0. The molecule has 1 fully saturated rings. The van der Waals surface area contributed by atoms with Crippen LogP contribution in [0.2, 0.25) is 0 Å². The Morgan fingerprint density at radius 3 is 3.00 bits per heavy atom. The molecule has 2 nitrogen and oxygen atoms in total. The SMILES string of the molecule is O=C1Cc2ccccc2C2CCCCN12. The van der Waals surface area contributed by atoms with Crippen molar-refractivity contribution in [1.82, 2.24) is 4.90 Å². The highest BCUT2D eigenvalue weighted by Crippen LogP contribution is 2.36. The summed E-state index contributed by atoms with van der Waals surface area (Å²) in [5, 5.41) is 0. The summed E-state index contributed by atoms with van der Waals surface area (Å²) in [6, 6.07) is 8.77. The van der Waals surface area contributed by atoms with Crippen LogP contribution in [0.3, 0.4) is 0 Å². The van der Waals surface area contributed by atoms with Gasteiger partial charge in [0, 0.05) is 6.54 Å². The van der Waals surface area contributed by atoms with Crippen molar-refractivity contribution < 1.29 is 4.79 Å². The Kier molecular flexibility index (Phi) is 2.01. The Bertz CT molecular complexity index is 399. The van der Waals surface area contributed by atoms with Crippen LogP contribution >= 0.6 is 0 Å². The lowest BCUT2D eigenvalue weighted by Crippen LogP contribution is -2.42. The second-order valence-corrected chi connectivity index (χ2v) is 4.47. The zero-order valence-corrected chi connectivity index (χ0v) is 8.78. The predicted octanol–water partition coefficient (Wildman–Crippen LogP) is 2.30. The maximum absolute atomic E-state index is 11.9. The van der Waals surface area contributed by atoms with Crippen LogP contribution in [-0.2, 0) is 11.2 Å². The quantitative estimate of drug-likeness (QED) is 0.630. The van der Waals surface area contributed by atoms with E-state index in [9.17, 15) is 4.79 Å². The number of nitrogens with zero attached hydrogens (tertiary/aromatic N) is 1. The first-order chi connectivity index (χ1) is 7.36. The van der Waals surface area contributed by atoms with Crippen LogP contribution in [0, 0.1) is 0 Å². The number of carbonyl (C=O) groups excluding carboxylic acids is 1. The van der Waals surface area contributed by atoms with Crippen molar-refractivity contribution in [3.63, 3.8) is 0 Å². The number of benzene rings is 1. The van der Waals surface area contributed by atoms with E-state index in [1.807, 2.05) is 6.07 Å². The fraction of sp³-hybridized carbons (Fsp3) is 0.462. The first kappa shape index (κ1) is 8.96. The molecule has 1 amide bonds. The lowest BCUT2D eigenvalue weighted by Gasteiger charge is -2.40. The first-order valence-corrected chi connectivity index (χ1v) is 5.73. The largest absolute Gasteiger partial charge is 0.335 e. The van der Waals surface area contributed by atoms with E-state index in [4.69, 9.17) is 0 Å². The van der Waals surface area contributed by atoms with Crippen molar-refractivity contribution in [1.29, 1.82) is 0 Å². The molecule has 0 saturated carbocycles. The van der Waals surface area contributed by atoms with Crippen LogP contribution in [0.25, 0.3) is 0 Å². The number of fused-ring (bicyclic) bond motifs is 3. The highest BCUT2D eigenvalue weighted by Gasteiger charge is 2.33. The van der Waals surface area contributed by atoms with Gasteiger partial charge < -0.3 is 4.90 Å². The average Bonchev–Trinajstić information content (AvgIpc) is 2.30. The van der Waals surface area contributed by atoms with E-state index in [1.54, 1.807) is 0 Å². The van der Waals surface area contributed by atoms with E-state index < -0.39 is 0 Å². The van der Waals surface area contributed by atoms with Crippen molar-refractivity contribution >= 4 is 5.91 Å². The summed E-state index contributed by atoms with van der Waals surface area (Å²) in [5.41, 5.74) is 2.63. The van der Waals surface area contributed by atoms with Crippen LogP contribution < -0.4 is 0 Å². The molecule has 0 aliphatic carbocycles. The van der Waals surface area contributed by atoms with Gasteiger partial charge in [-0.2, -0.15) is 0 Å². The van der Waals surface area contributed by atoms with E-state index >= 15 is 0 Å². The van der Waals surface area contributed by atoms with Gasteiger partial charge in [0.1, 0.15) is 0 Å². The number of piperidine rings is 1. The Hall–Kier alpha value is -1.31. The molecule has 0 spiro atoms. The molecule has 1 aromatic carbocycles. The molecule has 1 atom stereocenters. The molecule has 1 aromatic rings. The predicted molar refractivity (Wildman–Crippen MR) is 58.5 cm³/mol. The normalized spacial score (nSPS) is 24.7. The third kappa shape index (κ3) is 1.36. The highest BCUT2D eigenvalue weighted by atomic mass is 16.2. The minimum Gasteiger partial charge on any atom is -0.335 e. The Labute approximate surface area is 89.9 Å². The van der Waals surface area contributed by atoms with Gasteiger partial charge in [-0.25, -0.2) is 0 Å².